The molecule has 0 radical (unpaired) electrons. The van der Waals surface area contributed by atoms with Gasteiger partial charge in [0.05, 0.1) is 0 Å². The summed E-state index contributed by atoms with van der Waals surface area (Å²) < 4.78 is 0. The fourth-order valence-corrected chi connectivity index (χ4v) is 0.402. The molecule has 3 heteroatoms. The van der Waals surface area contributed by atoms with E-state index in [9.17, 15) is 4.79 Å². The summed E-state index contributed by atoms with van der Waals surface area (Å²) in [5, 5.41) is 0. The van der Waals surface area contributed by atoms with Crippen molar-refractivity contribution in [1.29, 1.82) is 0 Å². The Bertz CT molecular complexity index is 85.1. The zero-order valence-electron chi connectivity index (χ0n) is 6.64. The van der Waals surface area contributed by atoms with Gasteiger partial charge in [0, 0.05) is 14.0 Å². The molecule has 48 valence electrons. The smallest absolute Gasteiger partial charge is 0.376 e. The van der Waals surface area contributed by atoms with Crippen molar-refractivity contribution < 1.29 is 56.2 Å². The van der Waals surface area contributed by atoms with Crippen molar-refractivity contribution in [2.75, 3.05) is 13.6 Å². The summed E-state index contributed by atoms with van der Waals surface area (Å²) in [6.07, 6.45) is 1.95. The SMILES string of the molecule is C[CH-]CN(C)C(C)=O.[K+]. The summed E-state index contributed by atoms with van der Waals surface area (Å²) in [6, 6.07) is 0. The Labute approximate surface area is 99.4 Å². The molecule has 9 heavy (non-hydrogen) atoms. The van der Waals surface area contributed by atoms with E-state index >= 15 is 0 Å². The minimum Gasteiger partial charge on any atom is -0.376 e. The Balaban J connectivity index is 0. The first-order valence-electron chi connectivity index (χ1n) is 2.68. The molecule has 0 atom stereocenters. The normalized spacial score (nSPS) is 7.89. The number of carbonyl (C=O) groups excluding carboxylic acids is 1. The maximum atomic E-state index is 10.4. The van der Waals surface area contributed by atoms with Gasteiger partial charge in [0.2, 0.25) is 5.91 Å². The van der Waals surface area contributed by atoms with E-state index in [1.165, 1.54) is 0 Å². The van der Waals surface area contributed by atoms with Crippen molar-refractivity contribution in [3.05, 3.63) is 6.42 Å². The van der Waals surface area contributed by atoms with Crippen LogP contribution in [0.1, 0.15) is 13.8 Å². The molecule has 0 aliphatic heterocycles. The van der Waals surface area contributed by atoms with Crippen LogP contribution < -0.4 is 51.4 Å². The molecule has 1 amide bonds. The van der Waals surface area contributed by atoms with E-state index < -0.39 is 0 Å². The topological polar surface area (TPSA) is 20.3 Å². The zero-order chi connectivity index (χ0) is 6.57. The van der Waals surface area contributed by atoms with Crippen molar-refractivity contribution in [1.82, 2.24) is 4.90 Å². The number of amides is 1. The maximum absolute atomic E-state index is 10.4. The summed E-state index contributed by atoms with van der Waals surface area (Å²) in [5.41, 5.74) is 0. The van der Waals surface area contributed by atoms with E-state index in [0.29, 0.717) is 0 Å². The zero-order valence-corrected chi connectivity index (χ0v) is 9.76. The molecule has 0 bridgehead atoms. The Morgan fingerprint density at radius 3 is 2.22 bits per heavy atom. The van der Waals surface area contributed by atoms with Crippen LogP contribution in [0, 0.1) is 6.42 Å². The Kier molecular flexibility index (Phi) is 10.2. The van der Waals surface area contributed by atoms with Crippen molar-refractivity contribution >= 4 is 5.91 Å². The third kappa shape index (κ3) is 7.00. The van der Waals surface area contributed by atoms with Gasteiger partial charge in [0.25, 0.3) is 0 Å². The molecule has 0 aromatic heterocycles. The van der Waals surface area contributed by atoms with E-state index in [1.54, 1.807) is 18.9 Å². The van der Waals surface area contributed by atoms with Crippen molar-refractivity contribution in [2.45, 2.75) is 13.8 Å². The summed E-state index contributed by atoms with van der Waals surface area (Å²) in [4.78, 5) is 12.1. The third-order valence-electron chi connectivity index (χ3n) is 0.994. The summed E-state index contributed by atoms with van der Waals surface area (Å²) in [6.45, 7) is 4.23. The second kappa shape index (κ2) is 7.22. The Morgan fingerprint density at radius 1 is 1.67 bits per heavy atom. The number of rotatable bonds is 2. The molecule has 0 N–H and O–H groups in total. The van der Waals surface area contributed by atoms with E-state index in [0.717, 1.165) is 6.54 Å². The summed E-state index contributed by atoms with van der Waals surface area (Å²) in [5.74, 6) is 0.114. The summed E-state index contributed by atoms with van der Waals surface area (Å²) in [7, 11) is 1.78. The van der Waals surface area contributed by atoms with Gasteiger partial charge < -0.3 is 11.3 Å². The average Bonchev–Trinajstić information content (AvgIpc) is 1.67. The molecule has 0 saturated heterocycles. The minimum atomic E-state index is 0. The van der Waals surface area contributed by atoms with Crippen molar-refractivity contribution in [3.63, 3.8) is 0 Å². The van der Waals surface area contributed by atoms with Gasteiger partial charge in [0.15, 0.2) is 0 Å². The van der Waals surface area contributed by atoms with Gasteiger partial charge in [-0.05, 0) is 0 Å². The molecule has 0 fully saturated rings. The molecule has 0 saturated carbocycles. The van der Waals surface area contributed by atoms with Crippen LogP contribution in [-0.2, 0) is 4.79 Å². The van der Waals surface area contributed by atoms with E-state index in [1.807, 2.05) is 13.3 Å². The van der Waals surface area contributed by atoms with Gasteiger partial charge in [-0.3, -0.25) is 4.79 Å². The van der Waals surface area contributed by atoms with Gasteiger partial charge in [-0.15, -0.1) is 6.54 Å². The van der Waals surface area contributed by atoms with Crippen molar-refractivity contribution in [3.8, 4) is 0 Å². The number of carbonyl (C=O) groups is 1. The molecule has 0 aromatic carbocycles. The van der Waals surface area contributed by atoms with E-state index in [4.69, 9.17) is 0 Å². The monoisotopic (exact) mass is 153 g/mol. The fraction of sp³-hybridized carbons (Fsp3) is 0.667. The predicted octanol–water partition coefficient (Wildman–Crippen LogP) is -2.31. The van der Waals surface area contributed by atoms with Crippen LogP contribution >= 0.6 is 0 Å². The van der Waals surface area contributed by atoms with E-state index in [2.05, 4.69) is 0 Å². The van der Waals surface area contributed by atoms with Crippen LogP contribution in [-0.4, -0.2) is 24.4 Å². The first-order chi connectivity index (χ1) is 3.68. The van der Waals surface area contributed by atoms with Crippen LogP contribution in [0.3, 0.4) is 0 Å². The van der Waals surface area contributed by atoms with Gasteiger partial charge in [-0.25, -0.2) is 0 Å². The number of hydrogen-bond donors (Lipinski definition) is 0. The molecule has 0 aliphatic carbocycles. The third-order valence-corrected chi connectivity index (χ3v) is 0.994. The second-order valence-corrected chi connectivity index (χ2v) is 1.81. The summed E-state index contributed by atoms with van der Waals surface area (Å²) >= 11 is 0. The van der Waals surface area contributed by atoms with Crippen LogP contribution in [0.4, 0.5) is 0 Å². The Morgan fingerprint density at radius 2 is 2.11 bits per heavy atom. The first kappa shape index (κ1) is 12.8. The molecule has 0 heterocycles. The van der Waals surface area contributed by atoms with Crippen LogP contribution in [0.15, 0.2) is 0 Å². The maximum Gasteiger partial charge on any atom is 1.00 e. The molecule has 0 spiro atoms. The van der Waals surface area contributed by atoms with E-state index in [-0.39, 0.29) is 57.3 Å². The quantitative estimate of drug-likeness (QED) is 0.322. The molecule has 0 aromatic rings. The minimum absolute atomic E-state index is 0. The van der Waals surface area contributed by atoms with Crippen LogP contribution in [0.2, 0.25) is 0 Å². The molecular weight excluding hydrogens is 141 g/mol. The first-order valence-corrected chi connectivity index (χ1v) is 2.68. The molecular formula is C6H12KNO. The van der Waals surface area contributed by atoms with Crippen LogP contribution in [0.25, 0.3) is 0 Å². The molecule has 2 nitrogen and oxygen atoms in total. The van der Waals surface area contributed by atoms with Gasteiger partial charge >= 0.3 is 51.4 Å². The van der Waals surface area contributed by atoms with Gasteiger partial charge in [-0.2, -0.15) is 6.92 Å². The second-order valence-electron chi connectivity index (χ2n) is 1.81. The molecule has 0 unspecified atom stereocenters. The van der Waals surface area contributed by atoms with Gasteiger partial charge in [-0.1, -0.05) is 0 Å². The number of hydrogen-bond acceptors (Lipinski definition) is 1. The Hall–Kier alpha value is 1.11. The standard InChI is InChI=1S/C6H12NO.K/c1-4-5-7(3)6(2)8;/h4H,5H2,1-3H3;/q-1;+1. The van der Waals surface area contributed by atoms with Crippen molar-refractivity contribution in [2.24, 2.45) is 0 Å². The largest absolute Gasteiger partial charge is 1.00 e. The fourth-order valence-electron chi connectivity index (χ4n) is 0.402. The predicted molar refractivity (Wildman–Crippen MR) is 33.3 cm³/mol. The van der Waals surface area contributed by atoms with Gasteiger partial charge in [0.1, 0.15) is 0 Å². The van der Waals surface area contributed by atoms with Crippen LogP contribution in [0.5, 0.6) is 0 Å². The average molecular weight is 153 g/mol. The molecule has 0 aliphatic rings. The molecule has 0 rings (SSSR count). The number of nitrogens with zero attached hydrogens (tertiary/aromatic N) is 1.